The largest absolute Gasteiger partial charge is 0.461 e. The van der Waals surface area contributed by atoms with Crippen LogP contribution in [0.2, 0.25) is 0 Å². The van der Waals surface area contributed by atoms with Gasteiger partial charge in [-0.3, -0.25) is 9.59 Å². The second-order valence-electron chi connectivity index (χ2n) is 7.85. The van der Waals surface area contributed by atoms with E-state index < -0.39 is 17.6 Å². The monoisotopic (exact) mass is 456 g/mol. The molecule has 5 nitrogen and oxygen atoms in total. The van der Waals surface area contributed by atoms with Crippen molar-refractivity contribution in [1.29, 1.82) is 0 Å². The van der Waals surface area contributed by atoms with Crippen LogP contribution < -0.4 is 0 Å². The van der Waals surface area contributed by atoms with E-state index in [0.717, 1.165) is 17.4 Å². The maximum absolute atomic E-state index is 13.2. The predicted octanol–water partition coefficient (Wildman–Crippen LogP) is 4.88. The van der Waals surface area contributed by atoms with Gasteiger partial charge in [0.1, 0.15) is 11.5 Å². The Morgan fingerprint density at radius 2 is 1.45 bits per heavy atom. The van der Waals surface area contributed by atoms with E-state index in [2.05, 4.69) is 0 Å². The Labute approximate surface area is 189 Å². The van der Waals surface area contributed by atoms with Gasteiger partial charge in [-0.05, 0) is 24.3 Å². The first kappa shape index (κ1) is 22.6. The van der Waals surface area contributed by atoms with E-state index in [0.29, 0.717) is 12.2 Å². The second-order valence-corrected chi connectivity index (χ2v) is 7.85. The Hall–Kier alpha value is -3.55. The highest BCUT2D eigenvalue weighted by Gasteiger charge is 2.36. The van der Waals surface area contributed by atoms with Crippen LogP contribution in [0.4, 0.5) is 13.2 Å². The van der Waals surface area contributed by atoms with E-state index >= 15 is 0 Å². The number of amides is 2. The molecule has 0 N–H and O–H groups in total. The molecule has 1 aliphatic heterocycles. The number of nitrogens with zero attached hydrogens (tertiary/aromatic N) is 2. The zero-order valence-electron chi connectivity index (χ0n) is 17.8. The van der Waals surface area contributed by atoms with Gasteiger partial charge in [0.05, 0.1) is 11.1 Å². The summed E-state index contributed by atoms with van der Waals surface area (Å²) in [6.07, 6.45) is -3.90. The van der Waals surface area contributed by atoms with Gasteiger partial charge >= 0.3 is 6.18 Å². The number of hydrogen-bond donors (Lipinski definition) is 0. The minimum absolute atomic E-state index is 0.0737. The van der Waals surface area contributed by atoms with Crippen LogP contribution in [0.5, 0.6) is 0 Å². The third-order valence-electron chi connectivity index (χ3n) is 5.69. The number of furan rings is 1. The van der Waals surface area contributed by atoms with E-state index in [1.165, 1.54) is 23.1 Å². The summed E-state index contributed by atoms with van der Waals surface area (Å²) in [5.74, 6) is 0.707. The number of hydrogen-bond acceptors (Lipinski definition) is 3. The number of benzene rings is 2. The van der Waals surface area contributed by atoms with Crippen LogP contribution in [-0.2, 0) is 17.4 Å². The van der Waals surface area contributed by atoms with Gasteiger partial charge in [0.2, 0.25) is 5.91 Å². The van der Waals surface area contributed by atoms with Crippen molar-refractivity contribution in [2.45, 2.75) is 19.0 Å². The minimum Gasteiger partial charge on any atom is -0.461 e. The molecule has 0 aliphatic carbocycles. The molecule has 2 amide bonds. The molecule has 0 atom stereocenters. The fraction of sp³-hybridized carbons (Fsp3) is 0.280. The molecule has 1 aliphatic rings. The fourth-order valence-corrected chi connectivity index (χ4v) is 3.90. The Bertz CT molecular complexity index is 1120. The van der Waals surface area contributed by atoms with Crippen molar-refractivity contribution in [2.24, 2.45) is 0 Å². The summed E-state index contributed by atoms with van der Waals surface area (Å²) in [7, 11) is 0. The van der Waals surface area contributed by atoms with Crippen LogP contribution in [-0.4, -0.2) is 47.8 Å². The lowest BCUT2D eigenvalue weighted by Gasteiger charge is -2.35. The molecule has 33 heavy (non-hydrogen) atoms. The molecule has 1 saturated heterocycles. The zero-order chi connectivity index (χ0) is 23.4. The molecular formula is C25H23F3N2O3. The first-order valence-corrected chi connectivity index (χ1v) is 10.7. The van der Waals surface area contributed by atoms with Gasteiger partial charge in [0, 0.05) is 44.6 Å². The molecule has 0 spiro atoms. The smallest absolute Gasteiger partial charge is 0.417 e. The van der Waals surface area contributed by atoms with Crippen LogP contribution in [0.1, 0.15) is 28.1 Å². The number of carbonyl (C=O) groups excluding carboxylic acids is 2. The number of aryl methyl sites for hydroxylation is 1. The minimum atomic E-state index is -4.60. The second kappa shape index (κ2) is 9.52. The van der Waals surface area contributed by atoms with Crippen molar-refractivity contribution >= 4 is 11.8 Å². The number of alkyl halides is 3. The van der Waals surface area contributed by atoms with Crippen LogP contribution in [0.25, 0.3) is 11.3 Å². The van der Waals surface area contributed by atoms with Crippen LogP contribution in [0.15, 0.2) is 71.1 Å². The highest BCUT2D eigenvalue weighted by atomic mass is 19.4. The van der Waals surface area contributed by atoms with Crippen molar-refractivity contribution in [3.63, 3.8) is 0 Å². The van der Waals surface area contributed by atoms with Gasteiger partial charge in [-0.25, -0.2) is 0 Å². The molecule has 8 heteroatoms. The van der Waals surface area contributed by atoms with Gasteiger partial charge in [-0.15, -0.1) is 0 Å². The van der Waals surface area contributed by atoms with Crippen molar-refractivity contribution in [2.75, 3.05) is 26.2 Å². The van der Waals surface area contributed by atoms with Crippen LogP contribution in [0, 0.1) is 0 Å². The Morgan fingerprint density at radius 1 is 0.818 bits per heavy atom. The average Bonchev–Trinajstić information content (AvgIpc) is 3.31. The maximum Gasteiger partial charge on any atom is 0.417 e. The number of carbonyl (C=O) groups is 2. The lowest BCUT2D eigenvalue weighted by atomic mass is 10.1. The molecule has 3 aromatic rings. The molecule has 1 aromatic heterocycles. The normalized spacial score (nSPS) is 14.4. The summed E-state index contributed by atoms with van der Waals surface area (Å²) in [5.41, 5.74) is -0.346. The molecule has 0 bridgehead atoms. The maximum atomic E-state index is 13.2. The molecule has 2 aromatic carbocycles. The molecule has 4 rings (SSSR count). The zero-order valence-corrected chi connectivity index (χ0v) is 17.8. The fourth-order valence-electron chi connectivity index (χ4n) is 3.90. The summed E-state index contributed by atoms with van der Waals surface area (Å²) >= 11 is 0. The molecule has 1 fully saturated rings. The summed E-state index contributed by atoms with van der Waals surface area (Å²) < 4.78 is 45.5. The summed E-state index contributed by atoms with van der Waals surface area (Å²) in [4.78, 5) is 28.3. The Kier molecular flexibility index (Phi) is 6.53. The van der Waals surface area contributed by atoms with E-state index in [1.807, 2.05) is 42.5 Å². The first-order chi connectivity index (χ1) is 15.8. The van der Waals surface area contributed by atoms with Crippen LogP contribution >= 0.6 is 0 Å². The van der Waals surface area contributed by atoms with E-state index in [-0.39, 0.29) is 44.1 Å². The quantitative estimate of drug-likeness (QED) is 0.550. The van der Waals surface area contributed by atoms with Crippen molar-refractivity contribution in [3.8, 4) is 11.3 Å². The number of halogens is 3. The summed E-state index contributed by atoms with van der Waals surface area (Å²) in [6.45, 7) is 0.948. The molecular weight excluding hydrogens is 433 g/mol. The predicted molar refractivity (Wildman–Crippen MR) is 116 cm³/mol. The van der Waals surface area contributed by atoms with Gasteiger partial charge in [0.25, 0.3) is 5.91 Å². The number of rotatable bonds is 5. The summed E-state index contributed by atoms with van der Waals surface area (Å²) in [5, 5.41) is 0. The van der Waals surface area contributed by atoms with Crippen molar-refractivity contribution in [1.82, 2.24) is 9.80 Å². The lowest BCUT2D eigenvalue weighted by molar-refractivity contribution is -0.138. The van der Waals surface area contributed by atoms with E-state index in [9.17, 15) is 22.8 Å². The van der Waals surface area contributed by atoms with E-state index in [4.69, 9.17) is 4.42 Å². The highest BCUT2D eigenvalue weighted by Crippen LogP contribution is 2.32. The molecule has 0 radical (unpaired) electrons. The standard InChI is InChI=1S/C25H23F3N2O3/c26-25(27,28)21-9-5-4-8-20(21)24(32)30-16-14-29(15-17-30)23(31)13-11-19-10-12-22(33-19)18-6-2-1-3-7-18/h1-10,12H,11,13-17H2. The highest BCUT2D eigenvalue weighted by molar-refractivity contribution is 5.96. The molecule has 2 heterocycles. The topological polar surface area (TPSA) is 53.8 Å². The van der Waals surface area contributed by atoms with Crippen molar-refractivity contribution < 1.29 is 27.2 Å². The van der Waals surface area contributed by atoms with Gasteiger partial charge in [-0.1, -0.05) is 42.5 Å². The summed E-state index contributed by atoms with van der Waals surface area (Å²) in [6, 6.07) is 18.2. The first-order valence-electron chi connectivity index (χ1n) is 10.7. The molecule has 0 unspecified atom stereocenters. The van der Waals surface area contributed by atoms with E-state index in [1.54, 1.807) is 4.90 Å². The van der Waals surface area contributed by atoms with Gasteiger partial charge < -0.3 is 14.2 Å². The third kappa shape index (κ3) is 5.27. The Balaban J connectivity index is 1.30. The third-order valence-corrected chi connectivity index (χ3v) is 5.69. The van der Waals surface area contributed by atoms with Gasteiger partial charge in [-0.2, -0.15) is 13.2 Å². The van der Waals surface area contributed by atoms with Crippen LogP contribution in [0.3, 0.4) is 0 Å². The lowest BCUT2D eigenvalue weighted by Crippen LogP contribution is -2.50. The molecule has 172 valence electrons. The number of piperazine rings is 1. The average molecular weight is 456 g/mol. The van der Waals surface area contributed by atoms with Crippen molar-refractivity contribution in [3.05, 3.63) is 83.6 Å². The Morgan fingerprint density at radius 3 is 2.15 bits per heavy atom. The molecule has 0 saturated carbocycles. The SMILES string of the molecule is O=C(CCc1ccc(-c2ccccc2)o1)N1CCN(C(=O)c2ccccc2C(F)(F)F)CC1. The van der Waals surface area contributed by atoms with Gasteiger partial charge in [0.15, 0.2) is 0 Å².